The van der Waals surface area contributed by atoms with Gasteiger partial charge in [0.05, 0.1) is 7.11 Å². The van der Waals surface area contributed by atoms with Crippen LogP contribution in [0.5, 0.6) is 11.5 Å². The number of hydrogen-bond acceptors (Lipinski definition) is 4. The Bertz CT molecular complexity index is 403. The van der Waals surface area contributed by atoms with Crippen LogP contribution < -0.4 is 15.2 Å². The fraction of sp³-hybridized carbons (Fsp3) is 0.0909. The fourth-order valence-electron chi connectivity index (χ4n) is 0.811. The first-order valence-electron chi connectivity index (χ1n) is 4.47. The lowest BCUT2D eigenvalue weighted by Gasteiger charge is -2.05. The minimum atomic E-state index is -0.981. The molecule has 0 heterocycles. The molecule has 6 nitrogen and oxygen atoms in total. The van der Waals surface area contributed by atoms with Crippen LogP contribution in [0.1, 0.15) is 0 Å². The van der Waals surface area contributed by atoms with Gasteiger partial charge in [0, 0.05) is 6.08 Å². The zero-order valence-electron chi connectivity index (χ0n) is 9.25. The molecular formula is C11H13NO5. The van der Waals surface area contributed by atoms with Crippen LogP contribution in [0.2, 0.25) is 0 Å². The quantitative estimate of drug-likeness (QED) is 0.777. The summed E-state index contributed by atoms with van der Waals surface area (Å²) in [7, 11) is 1.49. The van der Waals surface area contributed by atoms with Crippen LogP contribution >= 0.6 is 0 Å². The number of carbonyl (C=O) groups is 2. The van der Waals surface area contributed by atoms with Gasteiger partial charge in [0.1, 0.15) is 0 Å². The Morgan fingerprint density at radius 3 is 2.18 bits per heavy atom. The summed E-state index contributed by atoms with van der Waals surface area (Å²) in [6, 6.07) is 6.77. The third-order valence-corrected chi connectivity index (χ3v) is 1.45. The van der Waals surface area contributed by atoms with Gasteiger partial charge in [-0.3, -0.25) is 0 Å². The number of nitrogens with two attached hydrogens (primary N) is 1. The molecule has 17 heavy (non-hydrogen) atoms. The SMILES string of the molecule is C=CC(=O)O.COc1ccccc1OC(N)=O. The fourth-order valence-corrected chi connectivity index (χ4v) is 0.811. The lowest BCUT2D eigenvalue weighted by atomic mass is 10.3. The standard InChI is InChI=1S/C8H9NO3.C3H4O2/c1-11-6-4-2-3-5-7(6)12-8(9)10;1-2-3(4)5/h2-5H,1H3,(H2,9,10);2H,1H2,(H,4,5). The molecular weight excluding hydrogens is 226 g/mol. The Balaban J connectivity index is 0.000000437. The van der Waals surface area contributed by atoms with Crippen molar-refractivity contribution in [2.24, 2.45) is 5.73 Å². The lowest BCUT2D eigenvalue weighted by molar-refractivity contribution is -0.131. The number of primary amides is 1. The largest absolute Gasteiger partial charge is 0.493 e. The van der Waals surface area contributed by atoms with Crippen LogP contribution in [0.3, 0.4) is 0 Å². The Hall–Kier alpha value is -2.50. The number of carboxylic acids is 1. The molecule has 0 radical (unpaired) electrons. The first-order valence-corrected chi connectivity index (χ1v) is 4.47. The van der Waals surface area contributed by atoms with Crippen LogP contribution in [-0.4, -0.2) is 24.3 Å². The average molecular weight is 239 g/mol. The van der Waals surface area contributed by atoms with E-state index in [4.69, 9.17) is 15.6 Å². The highest BCUT2D eigenvalue weighted by molar-refractivity contribution is 5.78. The van der Waals surface area contributed by atoms with E-state index < -0.39 is 12.1 Å². The highest BCUT2D eigenvalue weighted by atomic mass is 16.6. The van der Waals surface area contributed by atoms with Crippen LogP contribution in [-0.2, 0) is 4.79 Å². The number of para-hydroxylation sites is 2. The second-order valence-corrected chi connectivity index (χ2v) is 2.61. The molecule has 0 saturated heterocycles. The number of ether oxygens (including phenoxy) is 2. The van der Waals surface area contributed by atoms with Crippen molar-refractivity contribution in [1.29, 1.82) is 0 Å². The second kappa shape index (κ2) is 7.75. The van der Waals surface area contributed by atoms with Gasteiger partial charge in [0.25, 0.3) is 0 Å². The Morgan fingerprint density at radius 1 is 1.35 bits per heavy atom. The molecule has 1 aromatic rings. The second-order valence-electron chi connectivity index (χ2n) is 2.61. The van der Waals surface area contributed by atoms with Crippen LogP contribution in [0, 0.1) is 0 Å². The molecule has 1 aromatic carbocycles. The number of carboxylic acid groups (broad SMARTS) is 1. The molecule has 0 saturated carbocycles. The summed E-state index contributed by atoms with van der Waals surface area (Å²) in [6.07, 6.45) is -0.0144. The predicted molar refractivity (Wildman–Crippen MR) is 61.0 cm³/mol. The number of carbonyl (C=O) groups excluding carboxylic acids is 1. The van der Waals surface area contributed by atoms with E-state index in [2.05, 4.69) is 11.3 Å². The molecule has 0 bridgehead atoms. The zero-order chi connectivity index (χ0) is 13.3. The molecule has 0 aliphatic carbocycles. The van der Waals surface area contributed by atoms with Gasteiger partial charge in [-0.05, 0) is 12.1 Å². The van der Waals surface area contributed by atoms with Gasteiger partial charge in [-0.25, -0.2) is 9.59 Å². The van der Waals surface area contributed by atoms with Crippen LogP contribution in [0.25, 0.3) is 0 Å². The van der Waals surface area contributed by atoms with E-state index in [-0.39, 0.29) is 0 Å². The summed E-state index contributed by atoms with van der Waals surface area (Å²) < 4.78 is 9.56. The Labute approximate surface area is 98.3 Å². The van der Waals surface area contributed by atoms with Gasteiger partial charge in [0.15, 0.2) is 11.5 Å². The molecule has 0 aliphatic rings. The van der Waals surface area contributed by atoms with Gasteiger partial charge in [-0.1, -0.05) is 18.7 Å². The first kappa shape index (κ1) is 14.5. The van der Waals surface area contributed by atoms with E-state index in [1.807, 2.05) is 0 Å². The zero-order valence-corrected chi connectivity index (χ0v) is 9.25. The molecule has 1 amide bonds. The first-order chi connectivity index (χ1) is 8.01. The topological polar surface area (TPSA) is 98.8 Å². The third kappa shape index (κ3) is 6.56. The van der Waals surface area contributed by atoms with E-state index in [9.17, 15) is 9.59 Å². The average Bonchev–Trinajstić information content (AvgIpc) is 2.29. The number of methoxy groups -OCH3 is 1. The molecule has 0 spiro atoms. The Morgan fingerprint density at radius 2 is 1.82 bits per heavy atom. The normalized spacial score (nSPS) is 8.29. The number of benzene rings is 1. The van der Waals surface area contributed by atoms with Gasteiger partial charge < -0.3 is 20.3 Å². The van der Waals surface area contributed by atoms with Crippen molar-refractivity contribution in [2.75, 3.05) is 7.11 Å². The maximum Gasteiger partial charge on any atom is 0.410 e. The van der Waals surface area contributed by atoms with E-state index in [1.54, 1.807) is 24.3 Å². The third-order valence-electron chi connectivity index (χ3n) is 1.45. The monoisotopic (exact) mass is 239 g/mol. The number of aliphatic carboxylic acids is 1. The summed E-state index contributed by atoms with van der Waals surface area (Å²) in [6.45, 7) is 2.96. The molecule has 0 aromatic heterocycles. The molecule has 1 rings (SSSR count). The van der Waals surface area contributed by atoms with Crippen molar-refractivity contribution >= 4 is 12.1 Å². The molecule has 0 unspecified atom stereocenters. The van der Waals surface area contributed by atoms with Crippen LogP contribution in [0.4, 0.5) is 4.79 Å². The maximum absolute atomic E-state index is 10.4. The smallest absolute Gasteiger partial charge is 0.410 e. The molecule has 6 heteroatoms. The maximum atomic E-state index is 10.4. The van der Waals surface area contributed by atoms with Gasteiger partial charge >= 0.3 is 12.1 Å². The van der Waals surface area contributed by atoms with Crippen molar-refractivity contribution in [2.45, 2.75) is 0 Å². The van der Waals surface area contributed by atoms with E-state index in [0.29, 0.717) is 11.5 Å². The van der Waals surface area contributed by atoms with Crippen molar-refractivity contribution in [3.05, 3.63) is 36.9 Å². The molecule has 3 N–H and O–H groups in total. The summed E-state index contributed by atoms with van der Waals surface area (Å²) >= 11 is 0. The minimum absolute atomic E-state index is 0.326. The van der Waals surface area contributed by atoms with Crippen molar-refractivity contribution in [1.82, 2.24) is 0 Å². The minimum Gasteiger partial charge on any atom is -0.493 e. The van der Waals surface area contributed by atoms with Gasteiger partial charge in [0.2, 0.25) is 0 Å². The molecule has 92 valence electrons. The van der Waals surface area contributed by atoms with Crippen molar-refractivity contribution in [3.8, 4) is 11.5 Å². The van der Waals surface area contributed by atoms with Crippen LogP contribution in [0.15, 0.2) is 36.9 Å². The molecule has 0 atom stereocenters. The van der Waals surface area contributed by atoms with E-state index in [1.165, 1.54) is 7.11 Å². The number of hydrogen-bond donors (Lipinski definition) is 2. The summed E-state index contributed by atoms with van der Waals surface area (Å²) in [4.78, 5) is 19.6. The highest BCUT2D eigenvalue weighted by Gasteiger charge is 2.04. The van der Waals surface area contributed by atoms with Crippen molar-refractivity contribution in [3.63, 3.8) is 0 Å². The summed E-state index contributed by atoms with van der Waals surface area (Å²) in [5, 5.41) is 7.60. The lowest BCUT2D eigenvalue weighted by Crippen LogP contribution is -2.16. The van der Waals surface area contributed by atoms with E-state index in [0.717, 1.165) is 6.08 Å². The highest BCUT2D eigenvalue weighted by Crippen LogP contribution is 2.25. The summed E-state index contributed by atoms with van der Waals surface area (Å²) in [5.74, 6) is -0.172. The Kier molecular flexibility index (Phi) is 6.61. The van der Waals surface area contributed by atoms with Gasteiger partial charge in [-0.2, -0.15) is 0 Å². The number of amides is 1. The van der Waals surface area contributed by atoms with Crippen molar-refractivity contribution < 1.29 is 24.2 Å². The number of rotatable bonds is 3. The molecule has 0 aliphatic heterocycles. The predicted octanol–water partition coefficient (Wildman–Crippen LogP) is 1.41. The van der Waals surface area contributed by atoms with E-state index >= 15 is 0 Å². The summed E-state index contributed by atoms with van der Waals surface area (Å²) in [5.41, 5.74) is 4.83. The molecule has 0 fully saturated rings. The van der Waals surface area contributed by atoms with Gasteiger partial charge in [-0.15, -0.1) is 0 Å².